The molecule has 0 saturated carbocycles. The molecule has 2 aromatic carbocycles. The fraction of sp³-hybridized carbons (Fsp3) is 0.261. The third-order valence-electron chi connectivity index (χ3n) is 4.38. The van der Waals surface area contributed by atoms with Crippen molar-refractivity contribution in [3.05, 3.63) is 70.5 Å². The molecule has 30 heavy (non-hydrogen) atoms. The molecule has 1 aliphatic rings. The molecule has 1 heterocycles. The molecule has 154 valence electrons. The van der Waals surface area contributed by atoms with Crippen LogP contribution in [0.4, 0.5) is 4.39 Å². The minimum absolute atomic E-state index is 0.0606. The Hall–Kier alpha value is -3.66. The molecule has 7 heteroatoms. The molecule has 0 unspecified atom stereocenters. The van der Waals surface area contributed by atoms with E-state index in [-0.39, 0.29) is 25.6 Å². The average molecular weight is 408 g/mol. The molecular formula is C23H21FN2O4. The Morgan fingerprint density at radius 1 is 1.30 bits per heavy atom. The number of nitriles is 1. The average Bonchev–Trinajstić information content (AvgIpc) is 2.73. The van der Waals surface area contributed by atoms with Gasteiger partial charge < -0.3 is 14.6 Å². The van der Waals surface area contributed by atoms with E-state index in [2.05, 4.69) is 11.1 Å². The van der Waals surface area contributed by atoms with Crippen molar-refractivity contribution in [1.82, 2.24) is 0 Å². The Morgan fingerprint density at radius 3 is 2.77 bits per heavy atom. The van der Waals surface area contributed by atoms with Crippen molar-refractivity contribution in [2.24, 2.45) is 4.99 Å². The van der Waals surface area contributed by atoms with Gasteiger partial charge in [-0.15, -0.1) is 0 Å². The van der Waals surface area contributed by atoms with E-state index in [1.54, 1.807) is 36.4 Å². The fourth-order valence-corrected chi connectivity index (χ4v) is 2.99. The summed E-state index contributed by atoms with van der Waals surface area (Å²) in [4.78, 5) is 15.3. The first-order valence-corrected chi connectivity index (χ1v) is 9.50. The van der Waals surface area contributed by atoms with Crippen molar-refractivity contribution in [3.8, 4) is 11.8 Å². The van der Waals surface area contributed by atoms with Gasteiger partial charge in [-0.3, -0.25) is 4.79 Å². The van der Waals surface area contributed by atoms with Gasteiger partial charge in [-0.05, 0) is 68.3 Å². The van der Waals surface area contributed by atoms with Gasteiger partial charge in [-0.1, -0.05) is 0 Å². The summed E-state index contributed by atoms with van der Waals surface area (Å²) in [7, 11) is 0. The first-order valence-electron chi connectivity index (χ1n) is 9.50. The Morgan fingerprint density at radius 2 is 2.07 bits per heavy atom. The van der Waals surface area contributed by atoms with Crippen LogP contribution in [0.5, 0.6) is 5.75 Å². The molecule has 6 nitrogen and oxygen atoms in total. The standard InChI is InChI=1S/C23H21FN2O4/c1-14(2)30-21-7-4-17(12-18(21)13-25)23-26-20(9-10-29-23)16-3-6-19(24)15(11-16)5-8-22(27)28/h3-4,6-7,9,11-12,14H,5,8,10H2,1-2H3,(H,27,28). The van der Waals surface area contributed by atoms with Crippen LogP contribution in [-0.2, 0) is 16.0 Å². The number of carboxylic acids is 1. The molecule has 1 N–H and O–H groups in total. The van der Waals surface area contributed by atoms with Gasteiger partial charge in [0.1, 0.15) is 24.2 Å². The van der Waals surface area contributed by atoms with Crippen molar-refractivity contribution in [3.63, 3.8) is 0 Å². The SMILES string of the molecule is CC(C)Oc1ccc(C2=NC(c3ccc(F)c(CCC(=O)O)c3)=CCO2)cc1C#N. The van der Waals surface area contributed by atoms with E-state index in [0.717, 1.165) is 0 Å². The normalized spacial score (nSPS) is 13.2. The number of ether oxygens (including phenoxy) is 2. The molecule has 0 radical (unpaired) electrons. The van der Waals surface area contributed by atoms with Crippen LogP contribution >= 0.6 is 0 Å². The number of aliphatic imine (C=N–C) groups is 1. The van der Waals surface area contributed by atoms with Crippen LogP contribution in [0.15, 0.2) is 47.5 Å². The summed E-state index contributed by atoms with van der Waals surface area (Å²) in [5, 5.41) is 18.3. The second-order valence-corrected chi connectivity index (χ2v) is 7.01. The first kappa shape index (κ1) is 21.1. The van der Waals surface area contributed by atoms with Gasteiger partial charge in [0, 0.05) is 17.5 Å². The first-order chi connectivity index (χ1) is 14.4. The summed E-state index contributed by atoms with van der Waals surface area (Å²) in [6.07, 6.45) is 1.64. The molecule has 0 fully saturated rings. The molecule has 0 atom stereocenters. The number of aliphatic carboxylic acids is 1. The minimum Gasteiger partial charge on any atom is -0.490 e. The Balaban J connectivity index is 1.89. The largest absolute Gasteiger partial charge is 0.490 e. The number of carbonyl (C=O) groups is 1. The topological polar surface area (TPSA) is 91.9 Å². The predicted octanol–water partition coefficient (Wildman–Crippen LogP) is 4.32. The molecule has 1 aliphatic heterocycles. The maximum absolute atomic E-state index is 14.0. The zero-order valence-corrected chi connectivity index (χ0v) is 16.7. The summed E-state index contributed by atoms with van der Waals surface area (Å²) in [6, 6.07) is 11.8. The highest BCUT2D eigenvalue weighted by molar-refractivity contribution is 5.99. The van der Waals surface area contributed by atoms with E-state index in [9.17, 15) is 14.4 Å². The van der Waals surface area contributed by atoms with Crippen LogP contribution in [0.25, 0.3) is 5.70 Å². The van der Waals surface area contributed by atoms with E-state index >= 15 is 0 Å². The van der Waals surface area contributed by atoms with Gasteiger partial charge in [-0.2, -0.15) is 5.26 Å². The number of nitrogens with zero attached hydrogens (tertiary/aromatic N) is 2. The second-order valence-electron chi connectivity index (χ2n) is 7.01. The predicted molar refractivity (Wildman–Crippen MR) is 110 cm³/mol. The number of halogens is 1. The number of hydrogen-bond acceptors (Lipinski definition) is 5. The van der Waals surface area contributed by atoms with Gasteiger partial charge in [-0.25, -0.2) is 9.38 Å². The lowest BCUT2D eigenvalue weighted by Crippen LogP contribution is -2.13. The number of aryl methyl sites for hydroxylation is 1. The van der Waals surface area contributed by atoms with Crippen molar-refractivity contribution in [1.29, 1.82) is 5.26 Å². The molecule has 3 rings (SSSR count). The van der Waals surface area contributed by atoms with Gasteiger partial charge in [0.15, 0.2) is 0 Å². The summed E-state index contributed by atoms with van der Waals surface area (Å²) in [5.74, 6) is -0.596. The van der Waals surface area contributed by atoms with Crippen molar-refractivity contribution >= 4 is 17.6 Å². The van der Waals surface area contributed by atoms with Crippen molar-refractivity contribution in [2.75, 3.05) is 6.61 Å². The molecule has 0 aromatic heterocycles. The van der Waals surface area contributed by atoms with Crippen LogP contribution in [0.2, 0.25) is 0 Å². The van der Waals surface area contributed by atoms with Gasteiger partial charge in [0.2, 0.25) is 5.90 Å². The lowest BCUT2D eigenvalue weighted by molar-refractivity contribution is -0.136. The minimum atomic E-state index is -0.983. The lowest BCUT2D eigenvalue weighted by Gasteiger charge is -2.17. The van der Waals surface area contributed by atoms with E-state index in [4.69, 9.17) is 14.6 Å². The van der Waals surface area contributed by atoms with Gasteiger partial charge in [0.25, 0.3) is 0 Å². The summed E-state index contributed by atoms with van der Waals surface area (Å²) < 4.78 is 25.3. The molecule has 0 aliphatic carbocycles. The number of hydrogen-bond donors (Lipinski definition) is 1. The number of benzene rings is 2. The second kappa shape index (κ2) is 9.23. The zero-order valence-electron chi connectivity index (χ0n) is 16.7. The van der Waals surface area contributed by atoms with Crippen LogP contribution in [0.3, 0.4) is 0 Å². The summed E-state index contributed by atoms with van der Waals surface area (Å²) in [5.41, 5.74) is 2.58. The Labute approximate surface area is 173 Å². The van der Waals surface area contributed by atoms with Crippen LogP contribution in [0.1, 0.15) is 42.5 Å². The van der Waals surface area contributed by atoms with Crippen molar-refractivity contribution in [2.45, 2.75) is 32.8 Å². The third kappa shape index (κ3) is 5.03. The fourth-order valence-electron chi connectivity index (χ4n) is 2.99. The lowest BCUT2D eigenvalue weighted by atomic mass is 10.0. The Kier molecular flexibility index (Phi) is 6.48. The Bertz CT molecular complexity index is 1070. The highest BCUT2D eigenvalue weighted by Gasteiger charge is 2.16. The molecule has 0 amide bonds. The van der Waals surface area contributed by atoms with E-state index < -0.39 is 11.8 Å². The number of rotatable bonds is 7. The van der Waals surface area contributed by atoms with Crippen molar-refractivity contribution < 1.29 is 23.8 Å². The molecule has 2 aromatic rings. The van der Waals surface area contributed by atoms with Crippen LogP contribution in [0, 0.1) is 17.1 Å². The maximum Gasteiger partial charge on any atom is 0.303 e. The van der Waals surface area contributed by atoms with E-state index in [0.29, 0.717) is 39.6 Å². The van der Waals surface area contributed by atoms with E-state index in [1.807, 2.05) is 13.8 Å². The zero-order chi connectivity index (χ0) is 21.7. The smallest absolute Gasteiger partial charge is 0.303 e. The van der Waals surface area contributed by atoms with Gasteiger partial charge >= 0.3 is 5.97 Å². The quantitative estimate of drug-likeness (QED) is 0.737. The molecule has 0 spiro atoms. The molecule has 0 saturated heterocycles. The van der Waals surface area contributed by atoms with Crippen LogP contribution < -0.4 is 4.74 Å². The molecule has 0 bridgehead atoms. The van der Waals surface area contributed by atoms with Crippen LogP contribution in [-0.4, -0.2) is 29.7 Å². The van der Waals surface area contributed by atoms with Gasteiger partial charge in [0.05, 0.1) is 17.4 Å². The summed E-state index contributed by atoms with van der Waals surface area (Å²) in [6.45, 7) is 4.03. The van der Waals surface area contributed by atoms with E-state index in [1.165, 1.54) is 6.07 Å². The summed E-state index contributed by atoms with van der Waals surface area (Å²) >= 11 is 0. The molecular weight excluding hydrogens is 387 g/mol. The maximum atomic E-state index is 14.0. The third-order valence-corrected chi connectivity index (χ3v) is 4.38. The monoisotopic (exact) mass is 408 g/mol. The highest BCUT2D eigenvalue weighted by Crippen LogP contribution is 2.26. The highest BCUT2D eigenvalue weighted by atomic mass is 19.1. The number of carboxylic acid groups (broad SMARTS) is 1.